The zero-order valence-corrected chi connectivity index (χ0v) is 22.7. The third-order valence-corrected chi connectivity index (χ3v) is 8.53. The summed E-state index contributed by atoms with van der Waals surface area (Å²) in [5.74, 6) is -2.59. The van der Waals surface area contributed by atoms with Crippen molar-refractivity contribution in [2.75, 3.05) is 23.7 Å². The van der Waals surface area contributed by atoms with Crippen LogP contribution in [0, 0.1) is 5.41 Å². The summed E-state index contributed by atoms with van der Waals surface area (Å²) in [6, 6.07) is 10.5. The molecule has 40 heavy (non-hydrogen) atoms. The Hall–Kier alpha value is -3.56. The predicted molar refractivity (Wildman–Crippen MR) is 146 cm³/mol. The number of hydrogen-bond acceptors (Lipinski definition) is 12. The number of rotatable bonds is 6. The minimum Gasteiger partial charge on any atom is -0.479 e. The fourth-order valence-corrected chi connectivity index (χ4v) is 5.77. The molecular formula is C25H28ClN7O6S. The van der Waals surface area contributed by atoms with E-state index in [1.165, 1.54) is 22.9 Å². The average Bonchev–Trinajstić information content (AvgIpc) is 3.22. The zero-order valence-electron chi connectivity index (χ0n) is 21.1. The maximum Gasteiger partial charge on any atom is 0.335 e. The second-order valence-corrected chi connectivity index (χ2v) is 10.9. The molecular weight excluding hydrogens is 562 g/mol. The van der Waals surface area contributed by atoms with E-state index in [2.05, 4.69) is 49.3 Å². The van der Waals surface area contributed by atoms with Crippen molar-refractivity contribution >= 4 is 47.1 Å². The van der Waals surface area contributed by atoms with E-state index < -0.39 is 24.1 Å². The number of carboxylic acids is 2. The fourth-order valence-electron chi connectivity index (χ4n) is 4.81. The first kappa shape index (κ1) is 29.4. The molecule has 3 heterocycles. The Balaban J connectivity index is 0.000000318. The number of aliphatic hydroxyl groups excluding tert-OH is 2. The van der Waals surface area contributed by atoms with Crippen molar-refractivity contribution in [3.05, 3.63) is 58.9 Å². The van der Waals surface area contributed by atoms with Crippen LogP contribution in [0.25, 0.3) is 0 Å². The van der Waals surface area contributed by atoms with Crippen molar-refractivity contribution in [2.45, 2.75) is 47.4 Å². The Morgan fingerprint density at radius 2 is 1.70 bits per heavy atom. The number of fused-ring (bicyclic) bond motifs is 1. The number of carboxylic acid groups (broad SMARTS) is 2. The lowest BCUT2D eigenvalue weighted by Gasteiger charge is -2.42. The molecule has 8 N–H and O–H groups in total. The first-order valence-corrected chi connectivity index (χ1v) is 13.4. The molecule has 3 aromatic rings. The number of pyridine rings is 1. The van der Waals surface area contributed by atoms with E-state index in [-0.39, 0.29) is 11.5 Å². The number of nitrogens with two attached hydrogens (primary N) is 2. The fraction of sp³-hybridized carbons (Fsp3) is 0.360. The van der Waals surface area contributed by atoms with E-state index in [9.17, 15) is 9.59 Å². The first-order chi connectivity index (χ1) is 19.0. The Morgan fingerprint density at radius 1 is 1.05 bits per heavy atom. The zero-order chi connectivity index (χ0) is 29.0. The van der Waals surface area contributed by atoms with Gasteiger partial charge in [0.15, 0.2) is 12.2 Å². The molecule has 0 radical (unpaired) electrons. The van der Waals surface area contributed by atoms with Crippen LogP contribution in [0.15, 0.2) is 52.6 Å². The van der Waals surface area contributed by atoms with Gasteiger partial charge >= 0.3 is 11.9 Å². The number of hydrogen-bond donors (Lipinski definition) is 6. The molecule has 212 valence electrons. The molecule has 1 spiro atoms. The van der Waals surface area contributed by atoms with E-state index >= 15 is 0 Å². The molecule has 1 aromatic carbocycles. The molecule has 15 heteroatoms. The molecule has 1 fully saturated rings. The van der Waals surface area contributed by atoms with E-state index in [1.807, 2.05) is 0 Å². The number of benzene rings is 1. The smallest absolute Gasteiger partial charge is 0.335 e. The summed E-state index contributed by atoms with van der Waals surface area (Å²) in [6.07, 6.45) is 1.91. The van der Waals surface area contributed by atoms with Gasteiger partial charge in [-0.2, -0.15) is 0 Å². The van der Waals surface area contributed by atoms with Gasteiger partial charge in [0.25, 0.3) is 0 Å². The topological polar surface area (TPSA) is 222 Å². The van der Waals surface area contributed by atoms with Crippen molar-refractivity contribution in [1.82, 2.24) is 20.2 Å². The lowest BCUT2D eigenvalue weighted by atomic mass is 9.73. The van der Waals surface area contributed by atoms with E-state index in [0.717, 1.165) is 37.2 Å². The molecule has 2 aliphatic rings. The van der Waals surface area contributed by atoms with E-state index in [0.29, 0.717) is 21.8 Å². The Kier molecular flexibility index (Phi) is 9.05. The number of piperidine rings is 1. The van der Waals surface area contributed by atoms with Gasteiger partial charge in [-0.25, -0.2) is 19.6 Å². The number of carbonyl (C=O) groups is 2. The van der Waals surface area contributed by atoms with Crippen LogP contribution < -0.4 is 16.4 Å². The van der Waals surface area contributed by atoms with Gasteiger partial charge in [0.05, 0.1) is 11.2 Å². The monoisotopic (exact) mass is 589 g/mol. The molecule has 0 bridgehead atoms. The van der Waals surface area contributed by atoms with Crippen LogP contribution in [0.2, 0.25) is 5.02 Å². The number of nitrogen functional groups attached to an aromatic ring is 1. The van der Waals surface area contributed by atoms with Crippen molar-refractivity contribution in [3.8, 4) is 0 Å². The second kappa shape index (κ2) is 12.3. The molecule has 1 aliphatic carbocycles. The third kappa shape index (κ3) is 6.26. The highest BCUT2D eigenvalue weighted by Gasteiger charge is 2.46. The molecule has 2 unspecified atom stereocenters. The number of aliphatic hydroxyl groups is 2. The number of halogens is 1. The van der Waals surface area contributed by atoms with E-state index in [4.69, 9.17) is 43.5 Å². The average molecular weight is 590 g/mol. The van der Waals surface area contributed by atoms with Crippen LogP contribution >= 0.6 is 23.4 Å². The second-order valence-electron chi connectivity index (χ2n) is 9.48. The first-order valence-electron chi connectivity index (χ1n) is 12.2. The molecule has 2 aromatic heterocycles. The summed E-state index contributed by atoms with van der Waals surface area (Å²) in [5, 5.41) is 42.3. The molecule has 0 amide bonds. The van der Waals surface area contributed by atoms with Crippen molar-refractivity contribution in [3.63, 3.8) is 0 Å². The van der Waals surface area contributed by atoms with Gasteiger partial charge in [0.2, 0.25) is 5.95 Å². The minimum atomic E-state index is -2.27. The molecule has 3 atom stereocenters. The Labute approximate surface area is 238 Å². The molecule has 1 aliphatic heterocycles. The van der Waals surface area contributed by atoms with Crippen LogP contribution in [-0.2, 0) is 16.0 Å². The van der Waals surface area contributed by atoms with Crippen LogP contribution in [0.5, 0.6) is 0 Å². The lowest BCUT2D eigenvalue weighted by Crippen LogP contribution is -2.45. The number of aliphatic carboxylic acids is 2. The normalized spacial score (nSPS) is 18.8. The van der Waals surface area contributed by atoms with Gasteiger partial charge in [-0.3, -0.25) is 0 Å². The molecule has 13 nitrogen and oxygen atoms in total. The van der Waals surface area contributed by atoms with Gasteiger partial charge in [-0.15, -0.1) is 10.2 Å². The van der Waals surface area contributed by atoms with E-state index in [1.54, 1.807) is 18.5 Å². The summed E-state index contributed by atoms with van der Waals surface area (Å²) in [5.41, 5.74) is 15.3. The highest BCUT2D eigenvalue weighted by molar-refractivity contribution is 7.99. The minimum absolute atomic E-state index is 0.103. The summed E-state index contributed by atoms with van der Waals surface area (Å²) in [6.45, 7) is 1.76. The van der Waals surface area contributed by atoms with Crippen LogP contribution in [0.1, 0.15) is 30.0 Å². The quantitative estimate of drug-likeness (QED) is 0.239. The summed E-state index contributed by atoms with van der Waals surface area (Å²) in [4.78, 5) is 31.0. The number of anilines is 2. The molecule has 1 saturated heterocycles. The summed E-state index contributed by atoms with van der Waals surface area (Å²) >= 11 is 7.57. The summed E-state index contributed by atoms with van der Waals surface area (Å²) < 4.78 is 0. The Morgan fingerprint density at radius 3 is 2.27 bits per heavy atom. The summed E-state index contributed by atoms with van der Waals surface area (Å²) in [7, 11) is 0. The highest BCUT2D eigenvalue weighted by Crippen LogP contribution is 2.50. The van der Waals surface area contributed by atoms with Gasteiger partial charge in [0, 0.05) is 30.2 Å². The lowest BCUT2D eigenvalue weighted by molar-refractivity contribution is -0.165. The van der Waals surface area contributed by atoms with Gasteiger partial charge in [-0.1, -0.05) is 47.6 Å². The third-order valence-electron chi connectivity index (χ3n) is 7.06. The van der Waals surface area contributed by atoms with Crippen molar-refractivity contribution in [2.24, 2.45) is 11.1 Å². The molecule has 5 rings (SSSR count). The van der Waals surface area contributed by atoms with Crippen LogP contribution in [0.4, 0.5) is 11.8 Å². The van der Waals surface area contributed by atoms with Crippen LogP contribution in [0.3, 0.4) is 0 Å². The standard InChI is InChI=1S/C21H22ClN7S.C4H6O6/c22-17-15(5-8-25-19(17)24)30-16-12-26-20(28-27-16)29-9-6-21(7-10-29)11-13-3-1-2-4-14(13)18(21)23;5-1(3(7)8)2(6)4(9)10/h1-5,8,12,18H,6-7,9-11,23H2,(H2,24,25);1-2,5-6H,(H,7,8)(H,9,10)/t18-;/m1./s1. The van der Waals surface area contributed by atoms with Gasteiger partial charge in [-0.05, 0) is 41.9 Å². The number of aromatic nitrogens is 4. The SMILES string of the molecule is Nc1nccc(Sc2cnc(N3CCC4(CC3)Cc3ccccc3[C@H]4N)nn2)c1Cl.O=C(O)C(O)C(O)C(=O)O. The largest absolute Gasteiger partial charge is 0.479 e. The van der Waals surface area contributed by atoms with Gasteiger partial charge in [0.1, 0.15) is 10.8 Å². The Bertz CT molecular complexity index is 1360. The predicted octanol–water partition coefficient (Wildman–Crippen LogP) is 1.37. The highest BCUT2D eigenvalue weighted by atomic mass is 35.5. The maximum atomic E-state index is 9.77. The number of nitrogens with zero attached hydrogens (tertiary/aromatic N) is 5. The molecule has 0 saturated carbocycles. The van der Waals surface area contributed by atoms with Crippen molar-refractivity contribution in [1.29, 1.82) is 0 Å². The van der Waals surface area contributed by atoms with Gasteiger partial charge < -0.3 is 36.8 Å². The van der Waals surface area contributed by atoms with Crippen LogP contribution in [-0.4, -0.2) is 77.8 Å². The van der Waals surface area contributed by atoms with Crippen molar-refractivity contribution < 1.29 is 30.0 Å². The maximum absolute atomic E-state index is 9.77.